The average Bonchev–Trinajstić information content (AvgIpc) is 2.92. The fourth-order valence-electron chi connectivity index (χ4n) is 1.58. The number of nitrogens with zero attached hydrogens (tertiary/aromatic N) is 2. The number of unbranched alkanes of at least 4 members (excludes halogenated alkanes) is 1. The molecule has 0 spiro atoms. The third kappa shape index (κ3) is 7.91. The van der Waals surface area contributed by atoms with E-state index in [1.165, 1.54) is 0 Å². The minimum Gasteiger partial charge on any atom is -0.358 e. The Balaban J connectivity index is 0. The third-order valence-corrected chi connectivity index (χ3v) is 3.38. The summed E-state index contributed by atoms with van der Waals surface area (Å²) in [4.78, 5) is 13.5. The standard InChI is InChI=1S/C10H11Cl2N3.C4H7O.CH3.Y/c1-13-10-4-5-15(14-10)7-2-3-8(11)9(12)6-7;1-2-3-4-5;;/h2-3,6H,4-5H2,1H3,(H,13,14);4H,1-3H2;1H3;/q;2*-1;. The molecular formula is C15H21Cl2N3OY-2. The van der Waals surface area contributed by atoms with Gasteiger partial charge in [-0.2, -0.15) is 6.42 Å². The molecule has 1 radical (unpaired) electrons. The number of anilines is 1. The van der Waals surface area contributed by atoms with Crippen LogP contribution in [-0.4, -0.2) is 25.7 Å². The molecule has 1 fully saturated rings. The Morgan fingerprint density at radius 3 is 2.50 bits per heavy atom. The van der Waals surface area contributed by atoms with Crippen molar-refractivity contribution in [2.45, 2.75) is 19.3 Å². The van der Waals surface area contributed by atoms with Gasteiger partial charge in [0, 0.05) is 52.7 Å². The van der Waals surface area contributed by atoms with Crippen LogP contribution in [0.1, 0.15) is 19.3 Å². The fourth-order valence-corrected chi connectivity index (χ4v) is 1.87. The molecule has 1 aliphatic rings. The molecular weight excluding hydrogens is 398 g/mol. The van der Waals surface area contributed by atoms with E-state index in [2.05, 4.69) is 17.3 Å². The van der Waals surface area contributed by atoms with Crippen LogP contribution in [0, 0.1) is 14.4 Å². The van der Waals surface area contributed by atoms with E-state index in [4.69, 9.17) is 23.2 Å². The number of hydrazine groups is 1. The second-order valence-electron chi connectivity index (χ2n) is 4.09. The van der Waals surface area contributed by atoms with Crippen LogP contribution in [0.25, 0.3) is 0 Å². The molecule has 0 saturated carbocycles. The van der Waals surface area contributed by atoms with Crippen molar-refractivity contribution < 1.29 is 37.5 Å². The molecule has 121 valence electrons. The van der Waals surface area contributed by atoms with Gasteiger partial charge in [-0.3, -0.25) is 15.4 Å². The number of rotatable bonds is 3. The smallest absolute Gasteiger partial charge is 0.117 e. The fraction of sp³-hybridized carbons (Fsp3) is 0.333. The molecule has 0 atom stereocenters. The van der Waals surface area contributed by atoms with Gasteiger partial charge in [-0.05, 0) is 24.6 Å². The maximum absolute atomic E-state index is 9.36. The van der Waals surface area contributed by atoms with Crippen LogP contribution < -0.4 is 10.4 Å². The zero-order valence-electron chi connectivity index (χ0n) is 13.0. The van der Waals surface area contributed by atoms with E-state index < -0.39 is 0 Å². The molecule has 0 aromatic heterocycles. The summed E-state index contributed by atoms with van der Waals surface area (Å²) < 4.78 is 0. The number of amidine groups is 1. The van der Waals surface area contributed by atoms with E-state index in [0.29, 0.717) is 16.5 Å². The predicted octanol–water partition coefficient (Wildman–Crippen LogP) is 3.98. The van der Waals surface area contributed by atoms with Crippen LogP contribution in [0.3, 0.4) is 0 Å². The minimum atomic E-state index is 0. The van der Waals surface area contributed by atoms with Crippen molar-refractivity contribution in [3.05, 3.63) is 42.6 Å². The number of halogens is 2. The molecule has 4 nitrogen and oxygen atoms in total. The van der Waals surface area contributed by atoms with Gasteiger partial charge < -0.3 is 19.1 Å². The molecule has 1 heterocycles. The molecule has 0 aliphatic carbocycles. The Kier molecular flexibility index (Phi) is 14.6. The molecule has 1 aliphatic heterocycles. The first-order chi connectivity index (χ1) is 9.62. The van der Waals surface area contributed by atoms with Crippen molar-refractivity contribution in [1.29, 1.82) is 0 Å². The van der Waals surface area contributed by atoms with Gasteiger partial charge in [-0.1, -0.05) is 23.2 Å². The average molecular weight is 419 g/mol. The van der Waals surface area contributed by atoms with E-state index in [1.807, 2.05) is 17.1 Å². The van der Waals surface area contributed by atoms with Gasteiger partial charge in [-0.15, -0.1) is 0 Å². The molecule has 22 heavy (non-hydrogen) atoms. The molecule has 1 aromatic rings. The molecule has 0 unspecified atom stereocenters. The number of carbonyl (C=O) groups is 1. The molecule has 2 rings (SSSR count). The summed E-state index contributed by atoms with van der Waals surface area (Å²) in [5.74, 6) is 0.987. The van der Waals surface area contributed by atoms with Gasteiger partial charge in [0.15, 0.2) is 0 Å². The Labute approximate surface area is 168 Å². The summed E-state index contributed by atoms with van der Waals surface area (Å²) in [6.07, 6.45) is 3.12. The largest absolute Gasteiger partial charge is 0.358 e. The second-order valence-corrected chi connectivity index (χ2v) is 4.91. The molecule has 0 amide bonds. The first-order valence-corrected chi connectivity index (χ1v) is 7.05. The molecule has 1 saturated heterocycles. The van der Waals surface area contributed by atoms with E-state index in [9.17, 15) is 4.79 Å². The van der Waals surface area contributed by atoms with Crippen molar-refractivity contribution in [2.24, 2.45) is 4.99 Å². The number of aldehydes is 1. The summed E-state index contributed by atoms with van der Waals surface area (Å²) in [6.45, 7) is 4.34. The topological polar surface area (TPSA) is 44.7 Å². The van der Waals surface area contributed by atoms with Crippen LogP contribution >= 0.6 is 23.2 Å². The first kappa shape index (κ1) is 24.1. The molecule has 1 N–H and O–H groups in total. The molecule has 1 aromatic carbocycles. The summed E-state index contributed by atoms with van der Waals surface area (Å²) in [5.41, 5.74) is 4.19. The number of hydrogen-bond acceptors (Lipinski definition) is 3. The van der Waals surface area contributed by atoms with Crippen molar-refractivity contribution in [1.82, 2.24) is 5.43 Å². The van der Waals surface area contributed by atoms with Crippen molar-refractivity contribution in [3.63, 3.8) is 0 Å². The van der Waals surface area contributed by atoms with Crippen LogP contribution in [0.5, 0.6) is 0 Å². The van der Waals surface area contributed by atoms with Crippen molar-refractivity contribution >= 4 is 41.0 Å². The van der Waals surface area contributed by atoms with Gasteiger partial charge in [-0.25, -0.2) is 0 Å². The maximum Gasteiger partial charge on any atom is 0.117 e. The van der Waals surface area contributed by atoms with E-state index in [0.717, 1.165) is 37.2 Å². The monoisotopic (exact) mass is 418 g/mol. The Bertz CT molecular complexity index is 484. The van der Waals surface area contributed by atoms with Crippen LogP contribution in [-0.2, 0) is 37.5 Å². The number of carbonyl (C=O) groups excluding carboxylic acids is 1. The first-order valence-electron chi connectivity index (χ1n) is 6.30. The van der Waals surface area contributed by atoms with Gasteiger partial charge >= 0.3 is 0 Å². The van der Waals surface area contributed by atoms with Crippen LogP contribution in [0.2, 0.25) is 10.0 Å². The number of benzene rings is 1. The van der Waals surface area contributed by atoms with E-state index in [-0.39, 0.29) is 40.1 Å². The van der Waals surface area contributed by atoms with Crippen LogP contribution in [0.4, 0.5) is 5.69 Å². The maximum atomic E-state index is 9.36. The number of aliphatic imine (C=N–C) groups is 1. The van der Waals surface area contributed by atoms with Gasteiger partial charge in [0.1, 0.15) is 12.1 Å². The van der Waals surface area contributed by atoms with Gasteiger partial charge in [0.25, 0.3) is 0 Å². The summed E-state index contributed by atoms with van der Waals surface area (Å²) in [5, 5.41) is 3.15. The van der Waals surface area contributed by atoms with Gasteiger partial charge in [0.2, 0.25) is 0 Å². The zero-order chi connectivity index (χ0) is 15.0. The summed E-state index contributed by atoms with van der Waals surface area (Å²) in [7, 11) is 1.78. The number of hydrogen-bond donors (Lipinski definition) is 1. The number of nitrogens with one attached hydrogen (secondary N) is 1. The predicted molar refractivity (Wildman–Crippen MR) is 92.0 cm³/mol. The van der Waals surface area contributed by atoms with E-state index in [1.54, 1.807) is 13.1 Å². The third-order valence-electron chi connectivity index (χ3n) is 2.64. The van der Waals surface area contributed by atoms with Crippen molar-refractivity contribution in [3.8, 4) is 0 Å². The Morgan fingerprint density at radius 2 is 2.09 bits per heavy atom. The summed E-state index contributed by atoms with van der Waals surface area (Å²) in [6, 6.07) is 5.57. The Hall–Kier alpha value is -0.156. The quantitative estimate of drug-likeness (QED) is 0.596. The molecule has 0 bridgehead atoms. The van der Waals surface area contributed by atoms with E-state index >= 15 is 0 Å². The zero-order valence-corrected chi connectivity index (χ0v) is 17.3. The summed E-state index contributed by atoms with van der Waals surface area (Å²) >= 11 is 11.8. The van der Waals surface area contributed by atoms with Crippen molar-refractivity contribution in [2.75, 3.05) is 18.6 Å². The minimum absolute atomic E-state index is 0. The SMILES string of the molecule is CN=C1CCN(c2ccc(Cl)c(Cl)c2)N1.[CH2-]CCC=O.[CH3-].[Y]. The second kappa shape index (κ2) is 13.3. The van der Waals surface area contributed by atoms with Gasteiger partial charge in [0.05, 0.1) is 15.7 Å². The van der Waals surface area contributed by atoms with Crippen LogP contribution in [0.15, 0.2) is 23.2 Å². The normalized spacial score (nSPS) is 14.2. The molecule has 7 heteroatoms. The Morgan fingerprint density at radius 1 is 1.41 bits per heavy atom.